The summed E-state index contributed by atoms with van der Waals surface area (Å²) >= 11 is 0. The van der Waals surface area contributed by atoms with E-state index >= 15 is 4.79 Å². The van der Waals surface area contributed by atoms with Crippen molar-refractivity contribution in [3.63, 3.8) is 0 Å². The Bertz CT molecular complexity index is 2240. The number of anilines is 1. The Morgan fingerprint density at radius 1 is 0.950 bits per heavy atom. The number of phenolic OH excluding ortho intramolecular Hbond substituents is 1. The number of benzene rings is 3. The highest BCUT2D eigenvalue weighted by molar-refractivity contribution is 5.89. The highest BCUT2D eigenvalue weighted by atomic mass is 16.6. The van der Waals surface area contributed by atoms with E-state index < -0.39 is 47.5 Å². The number of ether oxygens (including phenoxy) is 2. The van der Waals surface area contributed by atoms with Crippen molar-refractivity contribution in [3.8, 4) is 23.3 Å². The number of carbonyl (C=O) groups excluding carboxylic acids is 3. The van der Waals surface area contributed by atoms with Gasteiger partial charge in [0.25, 0.3) is 0 Å². The molecule has 7 atom stereocenters. The van der Waals surface area contributed by atoms with Crippen LogP contribution in [-0.4, -0.2) is 62.5 Å². The van der Waals surface area contributed by atoms with E-state index in [0.717, 1.165) is 43.2 Å². The molecule has 8 rings (SSSR count). The van der Waals surface area contributed by atoms with Gasteiger partial charge in [0.2, 0.25) is 0 Å². The van der Waals surface area contributed by atoms with E-state index in [1.807, 2.05) is 24.3 Å². The highest BCUT2D eigenvalue weighted by Gasteiger charge is 2.47. The van der Waals surface area contributed by atoms with Crippen molar-refractivity contribution in [3.05, 3.63) is 99.6 Å². The molecule has 0 radical (unpaired) electrons. The second-order valence-corrected chi connectivity index (χ2v) is 18.3. The Balaban J connectivity index is 1.33. The lowest BCUT2D eigenvalue weighted by atomic mass is 9.66. The van der Waals surface area contributed by atoms with Crippen molar-refractivity contribution in [2.24, 2.45) is 11.8 Å². The van der Waals surface area contributed by atoms with Crippen molar-refractivity contribution in [2.45, 2.75) is 139 Å². The van der Waals surface area contributed by atoms with E-state index in [1.54, 1.807) is 19.9 Å². The van der Waals surface area contributed by atoms with E-state index in [-0.39, 0.29) is 61.0 Å². The number of aromatic hydroxyl groups is 1. The fraction of sp³-hybridized carbons (Fsp3) is 0.500. The molecule has 3 aromatic rings. The summed E-state index contributed by atoms with van der Waals surface area (Å²) in [6.45, 7) is 3.40. The second-order valence-electron chi connectivity index (χ2n) is 18.3. The Labute approximate surface area is 352 Å². The number of aliphatic hydroxyl groups excluding tert-OH is 2. The molecule has 7 unspecified atom stereocenters. The summed E-state index contributed by atoms with van der Waals surface area (Å²) < 4.78 is 12.2. The zero-order valence-corrected chi connectivity index (χ0v) is 34.7. The molecule has 8 bridgehead atoms. The number of esters is 2. The van der Waals surface area contributed by atoms with Gasteiger partial charge in [-0.2, -0.15) is 0 Å². The van der Waals surface area contributed by atoms with Crippen LogP contribution in [0.4, 0.5) is 5.69 Å². The standard InChI is InChI=1S/C50H57NO9/c1-30(53)28-51-41-20-32(29-52)18-36(23-41)33-9-10-34-26-47(56)59-45-27-44(55)38(24-42(34)45)25-46-49(2,58)39-11-12-43(54)37(22-39)17-31-7-6-8-40(19-31)50(14-4-3-5-15-50)16-13-35(21-33)48(57)60-46/h6-8,13,18-20,23-24,27,30,33-34,37,39,46,51-53,55,58H,3-5,11-12,14-17,21-22,25-26,28-29H2,1-2H3. The minimum Gasteiger partial charge on any atom is -0.508 e. The van der Waals surface area contributed by atoms with Crippen molar-refractivity contribution in [1.82, 2.24) is 0 Å². The molecule has 3 heterocycles. The van der Waals surface area contributed by atoms with E-state index in [9.17, 15) is 30.0 Å². The molecule has 3 aliphatic heterocycles. The van der Waals surface area contributed by atoms with E-state index in [0.29, 0.717) is 60.1 Å². The van der Waals surface area contributed by atoms with Gasteiger partial charge in [-0.25, -0.2) is 4.79 Å². The number of phenols is 1. The van der Waals surface area contributed by atoms with Gasteiger partial charge < -0.3 is 35.2 Å². The number of hydrogen-bond acceptors (Lipinski definition) is 10. The predicted molar refractivity (Wildman–Crippen MR) is 226 cm³/mol. The van der Waals surface area contributed by atoms with Gasteiger partial charge in [-0.3, -0.25) is 9.59 Å². The predicted octanol–water partition coefficient (Wildman–Crippen LogP) is 7.23. The lowest BCUT2D eigenvalue weighted by Crippen LogP contribution is -2.52. The zero-order valence-electron chi connectivity index (χ0n) is 34.7. The SMILES string of the molecule is CC(O)CNc1cc(CO)cc(C2C#CC3CC(=O)Oc4cc(O)c(cc43)CC3OC(=O)C(=CCC4(CCCCC4)c4cccc(c4)CC4CC(CCC4=O)C3(C)O)C2)c1. The van der Waals surface area contributed by atoms with E-state index in [4.69, 9.17) is 9.47 Å². The minimum atomic E-state index is -1.60. The summed E-state index contributed by atoms with van der Waals surface area (Å²) in [5.74, 6) is 4.08. The highest BCUT2D eigenvalue weighted by Crippen LogP contribution is 2.46. The van der Waals surface area contributed by atoms with Crippen LogP contribution in [0.15, 0.2) is 66.2 Å². The molecule has 316 valence electrons. The summed E-state index contributed by atoms with van der Waals surface area (Å²) in [7, 11) is 0. The van der Waals surface area contributed by atoms with Crippen LogP contribution < -0.4 is 10.1 Å². The van der Waals surface area contributed by atoms with E-state index in [1.165, 1.54) is 11.6 Å². The minimum absolute atomic E-state index is 0.0207. The molecule has 0 saturated heterocycles. The lowest BCUT2D eigenvalue weighted by molar-refractivity contribution is -0.170. The maximum Gasteiger partial charge on any atom is 0.334 e. The van der Waals surface area contributed by atoms with Crippen LogP contribution in [0.25, 0.3) is 0 Å². The third kappa shape index (κ3) is 8.77. The van der Waals surface area contributed by atoms with Crippen LogP contribution in [0, 0.1) is 23.7 Å². The Morgan fingerprint density at radius 3 is 2.53 bits per heavy atom. The number of fused-ring (bicyclic) bond motifs is 9. The van der Waals surface area contributed by atoms with Gasteiger partial charge in [-0.15, -0.1) is 0 Å². The molecule has 10 nitrogen and oxygen atoms in total. The molecule has 2 aliphatic carbocycles. The summed E-state index contributed by atoms with van der Waals surface area (Å²) in [6, 6.07) is 17.4. The first kappa shape index (κ1) is 41.8. The number of allylic oxidation sites excluding steroid dienone is 1. The average Bonchev–Trinajstić information content (AvgIpc) is 3.23. The van der Waals surface area contributed by atoms with Crippen molar-refractivity contribution in [2.75, 3.05) is 11.9 Å². The first-order chi connectivity index (χ1) is 28.8. The monoisotopic (exact) mass is 815 g/mol. The van der Waals surface area contributed by atoms with Gasteiger partial charge in [0.05, 0.1) is 25.0 Å². The fourth-order valence-electron chi connectivity index (χ4n) is 10.4. The number of Topliss-reactive ketones (excluding diaryl/α,β-unsaturated/α-hetero) is 1. The molecule has 5 aliphatic rings. The van der Waals surface area contributed by atoms with Crippen LogP contribution >= 0.6 is 0 Å². The summed E-state index contributed by atoms with van der Waals surface area (Å²) in [5, 5.41) is 47.9. The molecule has 0 aromatic heterocycles. The van der Waals surface area contributed by atoms with Gasteiger partial charge in [-0.1, -0.05) is 67.5 Å². The Hall–Kier alpha value is -4.95. The molecular weight excluding hydrogens is 759 g/mol. The molecule has 10 heteroatoms. The van der Waals surface area contributed by atoms with Crippen LogP contribution in [-0.2, 0) is 44.0 Å². The normalized spacial score (nSPS) is 28.2. The van der Waals surface area contributed by atoms with Crippen LogP contribution in [0.5, 0.6) is 11.5 Å². The molecule has 2 saturated carbocycles. The first-order valence-corrected chi connectivity index (χ1v) is 21.8. The van der Waals surface area contributed by atoms with Gasteiger partial charge in [-0.05, 0) is 116 Å². The van der Waals surface area contributed by atoms with Gasteiger partial charge in [0.15, 0.2) is 0 Å². The topological polar surface area (TPSA) is 163 Å². The van der Waals surface area contributed by atoms with Crippen LogP contribution in [0.1, 0.15) is 130 Å². The fourth-order valence-corrected chi connectivity index (χ4v) is 10.4. The van der Waals surface area contributed by atoms with E-state index in [2.05, 4.69) is 41.4 Å². The molecular formula is C50H57NO9. The summed E-state index contributed by atoms with van der Waals surface area (Å²) in [4.78, 5) is 41.6. The largest absolute Gasteiger partial charge is 0.508 e. The Morgan fingerprint density at radius 2 is 1.75 bits per heavy atom. The number of ketones is 1. The lowest BCUT2D eigenvalue weighted by Gasteiger charge is -2.42. The third-order valence-corrected chi connectivity index (χ3v) is 14.0. The average molecular weight is 816 g/mol. The number of nitrogens with one attached hydrogen (secondary N) is 1. The van der Waals surface area contributed by atoms with Crippen molar-refractivity contribution in [1.29, 1.82) is 0 Å². The third-order valence-electron chi connectivity index (χ3n) is 14.0. The molecule has 0 amide bonds. The maximum absolute atomic E-state index is 15.1. The van der Waals surface area contributed by atoms with Crippen molar-refractivity contribution < 1.29 is 44.3 Å². The smallest absolute Gasteiger partial charge is 0.334 e. The molecule has 2 fully saturated rings. The first-order valence-electron chi connectivity index (χ1n) is 21.8. The quantitative estimate of drug-likeness (QED) is 0.101. The second kappa shape index (κ2) is 17.2. The zero-order chi connectivity index (χ0) is 42.2. The van der Waals surface area contributed by atoms with Crippen LogP contribution in [0.2, 0.25) is 0 Å². The maximum atomic E-state index is 15.1. The summed E-state index contributed by atoms with van der Waals surface area (Å²) in [5.41, 5.74) is 3.89. The number of rotatable bonds is 5. The van der Waals surface area contributed by atoms with Gasteiger partial charge in [0, 0.05) is 54.1 Å². The molecule has 60 heavy (non-hydrogen) atoms. The molecule has 5 N–H and O–H groups in total. The molecule has 1 spiro atoms. The number of hydrogen-bond donors (Lipinski definition) is 5. The van der Waals surface area contributed by atoms with Gasteiger partial charge >= 0.3 is 11.9 Å². The van der Waals surface area contributed by atoms with Crippen molar-refractivity contribution >= 4 is 23.4 Å². The number of aliphatic hydroxyl groups is 3. The number of carbonyl (C=O) groups is 3. The summed E-state index contributed by atoms with van der Waals surface area (Å²) in [6.07, 6.45) is 7.72. The Kier molecular flexibility index (Phi) is 12.0. The van der Waals surface area contributed by atoms with Gasteiger partial charge in [0.1, 0.15) is 29.0 Å². The van der Waals surface area contributed by atoms with Crippen LogP contribution in [0.3, 0.4) is 0 Å². The molecule has 3 aromatic carbocycles.